The first-order valence-corrected chi connectivity index (χ1v) is 4.23. The highest BCUT2D eigenvalue weighted by atomic mass is 16.8. The average molecular weight is 156 g/mol. The van der Waals surface area contributed by atoms with Gasteiger partial charge in [0.05, 0.1) is 0 Å². The number of hydrogen-bond acceptors (Lipinski definition) is 3. The Kier molecular flexibility index (Phi) is 1.72. The standard InChI is InChI=1S/C8H12O3/c9-8-10-6-4-2-1-3-5-7(6)11-8/h6-7H,1-5H2. The van der Waals surface area contributed by atoms with Crippen LogP contribution in [0.15, 0.2) is 0 Å². The third kappa shape index (κ3) is 1.32. The molecule has 0 aromatic heterocycles. The predicted octanol–water partition coefficient (Wildman–Crippen LogP) is 1.85. The fourth-order valence-electron chi connectivity index (χ4n) is 1.78. The van der Waals surface area contributed by atoms with Crippen LogP contribution in [0.5, 0.6) is 0 Å². The molecule has 2 aliphatic rings. The molecule has 2 rings (SSSR count). The van der Waals surface area contributed by atoms with E-state index in [9.17, 15) is 4.79 Å². The molecular formula is C8H12O3. The van der Waals surface area contributed by atoms with Crippen LogP contribution in [0.25, 0.3) is 0 Å². The van der Waals surface area contributed by atoms with Gasteiger partial charge in [0.25, 0.3) is 0 Å². The van der Waals surface area contributed by atoms with Crippen molar-refractivity contribution < 1.29 is 14.3 Å². The molecule has 1 aliphatic heterocycles. The van der Waals surface area contributed by atoms with Gasteiger partial charge in [0.2, 0.25) is 0 Å². The van der Waals surface area contributed by atoms with Gasteiger partial charge in [-0.15, -0.1) is 0 Å². The Morgan fingerprint density at radius 3 is 2.09 bits per heavy atom. The van der Waals surface area contributed by atoms with E-state index in [4.69, 9.17) is 9.47 Å². The van der Waals surface area contributed by atoms with Gasteiger partial charge in [-0.25, -0.2) is 4.79 Å². The van der Waals surface area contributed by atoms with Gasteiger partial charge in [-0.1, -0.05) is 6.42 Å². The summed E-state index contributed by atoms with van der Waals surface area (Å²) in [6.45, 7) is 0. The van der Waals surface area contributed by atoms with Gasteiger partial charge in [-0.3, -0.25) is 0 Å². The minimum atomic E-state index is -0.470. The highest BCUT2D eigenvalue weighted by molar-refractivity contribution is 5.62. The van der Waals surface area contributed by atoms with Crippen molar-refractivity contribution in [1.82, 2.24) is 0 Å². The maximum absolute atomic E-state index is 10.7. The Bertz CT molecular complexity index is 151. The maximum atomic E-state index is 10.7. The van der Waals surface area contributed by atoms with Crippen LogP contribution >= 0.6 is 0 Å². The minimum absolute atomic E-state index is 0.0602. The quantitative estimate of drug-likeness (QED) is 0.502. The molecule has 2 atom stereocenters. The van der Waals surface area contributed by atoms with Crippen LogP contribution in [0.1, 0.15) is 32.1 Å². The monoisotopic (exact) mass is 156 g/mol. The molecule has 0 bridgehead atoms. The Morgan fingerprint density at radius 2 is 1.55 bits per heavy atom. The van der Waals surface area contributed by atoms with Crippen molar-refractivity contribution in [3.8, 4) is 0 Å². The summed E-state index contributed by atoms with van der Waals surface area (Å²) < 4.78 is 9.97. The zero-order chi connectivity index (χ0) is 7.68. The zero-order valence-corrected chi connectivity index (χ0v) is 6.41. The van der Waals surface area contributed by atoms with E-state index in [1.165, 1.54) is 6.42 Å². The van der Waals surface area contributed by atoms with Crippen molar-refractivity contribution in [2.24, 2.45) is 0 Å². The van der Waals surface area contributed by atoms with Gasteiger partial charge >= 0.3 is 6.16 Å². The first-order valence-electron chi connectivity index (χ1n) is 4.23. The first kappa shape index (κ1) is 6.95. The molecule has 0 radical (unpaired) electrons. The molecule has 0 N–H and O–H groups in total. The molecule has 2 fully saturated rings. The highest BCUT2D eigenvalue weighted by Gasteiger charge is 2.36. The second-order valence-corrected chi connectivity index (χ2v) is 3.20. The lowest BCUT2D eigenvalue weighted by atomic mass is 10.1. The van der Waals surface area contributed by atoms with E-state index < -0.39 is 6.16 Å². The molecule has 0 aromatic carbocycles. The van der Waals surface area contributed by atoms with Crippen LogP contribution in [0.2, 0.25) is 0 Å². The Labute approximate surface area is 65.7 Å². The van der Waals surface area contributed by atoms with Crippen LogP contribution in [0.3, 0.4) is 0 Å². The predicted molar refractivity (Wildman–Crippen MR) is 38.2 cm³/mol. The van der Waals surface area contributed by atoms with Crippen molar-refractivity contribution in [2.75, 3.05) is 0 Å². The van der Waals surface area contributed by atoms with E-state index in [1.54, 1.807) is 0 Å². The van der Waals surface area contributed by atoms with Crippen LogP contribution in [0.4, 0.5) is 4.79 Å². The summed E-state index contributed by atoms with van der Waals surface area (Å²) >= 11 is 0. The fraction of sp³-hybridized carbons (Fsp3) is 0.875. The lowest BCUT2D eigenvalue weighted by Gasteiger charge is -2.09. The molecule has 2 unspecified atom stereocenters. The molecular weight excluding hydrogens is 144 g/mol. The van der Waals surface area contributed by atoms with Crippen molar-refractivity contribution in [2.45, 2.75) is 44.3 Å². The Morgan fingerprint density at radius 1 is 1.00 bits per heavy atom. The molecule has 1 saturated carbocycles. The van der Waals surface area contributed by atoms with Crippen molar-refractivity contribution in [1.29, 1.82) is 0 Å². The van der Waals surface area contributed by atoms with E-state index in [1.807, 2.05) is 0 Å². The summed E-state index contributed by atoms with van der Waals surface area (Å²) in [6, 6.07) is 0. The zero-order valence-electron chi connectivity index (χ0n) is 6.41. The molecule has 1 saturated heterocycles. The molecule has 11 heavy (non-hydrogen) atoms. The number of carbonyl (C=O) groups is 1. The smallest absolute Gasteiger partial charge is 0.427 e. The molecule has 0 amide bonds. The second-order valence-electron chi connectivity index (χ2n) is 3.20. The average Bonchev–Trinajstić information content (AvgIpc) is 2.17. The summed E-state index contributed by atoms with van der Waals surface area (Å²) in [5.41, 5.74) is 0. The van der Waals surface area contributed by atoms with Gasteiger partial charge in [-0.05, 0) is 25.7 Å². The summed E-state index contributed by atoms with van der Waals surface area (Å²) in [5.74, 6) is 0. The number of ether oxygens (including phenoxy) is 2. The lowest BCUT2D eigenvalue weighted by Crippen LogP contribution is -2.20. The van der Waals surface area contributed by atoms with Gasteiger partial charge < -0.3 is 9.47 Å². The number of rotatable bonds is 0. The number of carbonyl (C=O) groups excluding carboxylic acids is 1. The van der Waals surface area contributed by atoms with E-state index in [0.717, 1.165) is 25.7 Å². The van der Waals surface area contributed by atoms with E-state index in [0.29, 0.717) is 0 Å². The molecule has 3 nitrogen and oxygen atoms in total. The van der Waals surface area contributed by atoms with Crippen molar-refractivity contribution in [3.63, 3.8) is 0 Å². The van der Waals surface area contributed by atoms with Crippen molar-refractivity contribution >= 4 is 6.16 Å². The largest absolute Gasteiger partial charge is 0.509 e. The van der Waals surface area contributed by atoms with Crippen molar-refractivity contribution in [3.05, 3.63) is 0 Å². The Hall–Kier alpha value is -0.730. The molecule has 0 spiro atoms. The van der Waals surface area contributed by atoms with E-state index >= 15 is 0 Å². The summed E-state index contributed by atoms with van der Waals surface area (Å²) in [6.07, 6.45) is 5.19. The molecule has 1 heterocycles. The van der Waals surface area contributed by atoms with Crippen LogP contribution in [-0.2, 0) is 9.47 Å². The lowest BCUT2D eigenvalue weighted by molar-refractivity contribution is 0.112. The molecule has 62 valence electrons. The molecule has 1 aliphatic carbocycles. The minimum Gasteiger partial charge on any atom is -0.427 e. The Balaban J connectivity index is 2.01. The van der Waals surface area contributed by atoms with Gasteiger partial charge in [0, 0.05) is 0 Å². The molecule has 0 aromatic rings. The maximum Gasteiger partial charge on any atom is 0.509 e. The van der Waals surface area contributed by atoms with E-state index in [-0.39, 0.29) is 12.2 Å². The van der Waals surface area contributed by atoms with Gasteiger partial charge in [0.1, 0.15) is 12.2 Å². The number of fused-ring (bicyclic) bond motifs is 1. The fourth-order valence-corrected chi connectivity index (χ4v) is 1.78. The van der Waals surface area contributed by atoms with Crippen LogP contribution < -0.4 is 0 Å². The number of hydrogen-bond donors (Lipinski definition) is 0. The first-order chi connectivity index (χ1) is 5.36. The normalized spacial score (nSPS) is 36.9. The second kappa shape index (κ2) is 2.72. The third-order valence-electron chi connectivity index (χ3n) is 2.39. The summed E-state index contributed by atoms with van der Waals surface area (Å²) in [4.78, 5) is 10.7. The molecule has 3 heteroatoms. The topological polar surface area (TPSA) is 35.5 Å². The highest BCUT2D eigenvalue weighted by Crippen LogP contribution is 2.27. The van der Waals surface area contributed by atoms with Gasteiger partial charge in [-0.2, -0.15) is 0 Å². The van der Waals surface area contributed by atoms with Gasteiger partial charge in [0.15, 0.2) is 0 Å². The summed E-state index contributed by atoms with van der Waals surface area (Å²) in [7, 11) is 0. The summed E-state index contributed by atoms with van der Waals surface area (Å²) in [5, 5.41) is 0. The van der Waals surface area contributed by atoms with Crippen LogP contribution in [-0.4, -0.2) is 18.4 Å². The van der Waals surface area contributed by atoms with Crippen LogP contribution in [0, 0.1) is 0 Å². The van der Waals surface area contributed by atoms with E-state index in [2.05, 4.69) is 0 Å². The SMILES string of the molecule is O=C1OC2CCCCCC2O1. The third-order valence-corrected chi connectivity index (χ3v) is 2.39.